The van der Waals surface area contributed by atoms with Crippen LogP contribution >= 0.6 is 11.6 Å². The number of hydrogen-bond acceptors (Lipinski definition) is 3. The number of halogens is 1. The third kappa shape index (κ3) is 7.14. The van der Waals surface area contributed by atoms with Crippen LogP contribution in [0.4, 0.5) is 0 Å². The van der Waals surface area contributed by atoms with Crippen molar-refractivity contribution < 1.29 is 8.42 Å². The molecule has 0 aromatic heterocycles. The van der Waals surface area contributed by atoms with E-state index in [-0.39, 0.29) is 22.4 Å². The number of sulfone groups is 1. The van der Waals surface area contributed by atoms with Crippen molar-refractivity contribution in [2.75, 3.05) is 12.3 Å². The molecule has 0 radical (unpaired) electrons. The van der Waals surface area contributed by atoms with Crippen LogP contribution in [0.15, 0.2) is 0 Å². The first-order valence-electron chi connectivity index (χ1n) is 5.34. The van der Waals surface area contributed by atoms with Crippen molar-refractivity contribution in [3.05, 3.63) is 0 Å². The largest absolute Gasteiger partial charge is 0.313 e. The van der Waals surface area contributed by atoms with Gasteiger partial charge in [-0.3, -0.25) is 0 Å². The predicted octanol–water partition coefficient (Wildman–Crippen LogP) is 1.81. The Morgan fingerprint density at radius 2 is 1.73 bits per heavy atom. The van der Waals surface area contributed by atoms with Crippen molar-refractivity contribution in [1.29, 1.82) is 0 Å². The van der Waals surface area contributed by atoms with Crippen LogP contribution in [0.3, 0.4) is 0 Å². The lowest BCUT2D eigenvalue weighted by Crippen LogP contribution is -2.34. The third-order valence-corrected chi connectivity index (χ3v) is 4.66. The molecule has 3 nitrogen and oxygen atoms in total. The van der Waals surface area contributed by atoms with Gasteiger partial charge in [0.2, 0.25) is 0 Å². The number of rotatable bonds is 7. The van der Waals surface area contributed by atoms with Gasteiger partial charge in [-0.15, -0.1) is 11.6 Å². The summed E-state index contributed by atoms with van der Waals surface area (Å²) in [5, 5.41) is 2.99. The lowest BCUT2D eigenvalue weighted by Gasteiger charge is -2.15. The van der Waals surface area contributed by atoms with Crippen molar-refractivity contribution in [2.45, 2.75) is 50.8 Å². The van der Waals surface area contributed by atoms with Crippen molar-refractivity contribution in [1.82, 2.24) is 5.32 Å². The van der Waals surface area contributed by atoms with E-state index in [1.165, 1.54) is 0 Å². The Balaban J connectivity index is 3.80. The molecule has 0 amide bonds. The van der Waals surface area contributed by atoms with Crippen LogP contribution in [0.25, 0.3) is 0 Å². The molecular weight excluding hydrogens is 234 g/mol. The summed E-state index contributed by atoms with van der Waals surface area (Å²) in [6, 6.07) is 0.264. The highest BCUT2D eigenvalue weighted by molar-refractivity contribution is 7.92. The van der Waals surface area contributed by atoms with Gasteiger partial charge < -0.3 is 5.32 Å². The quantitative estimate of drug-likeness (QED) is 0.706. The van der Waals surface area contributed by atoms with Crippen molar-refractivity contribution in [3.8, 4) is 0 Å². The van der Waals surface area contributed by atoms with Gasteiger partial charge in [0.05, 0.1) is 11.0 Å². The van der Waals surface area contributed by atoms with Crippen LogP contribution in [0.5, 0.6) is 0 Å². The first kappa shape index (κ1) is 15.2. The molecule has 0 aliphatic heterocycles. The van der Waals surface area contributed by atoms with E-state index in [0.717, 1.165) is 6.42 Å². The molecule has 0 aliphatic rings. The van der Waals surface area contributed by atoms with Crippen LogP contribution in [0.1, 0.15) is 34.1 Å². The molecular formula is C10H22ClNO2S. The zero-order valence-corrected chi connectivity index (χ0v) is 11.5. The molecule has 0 aliphatic carbocycles. The SMILES string of the molecule is CC(Cl)CC(C)NCCS(=O)(=O)C(C)C. The molecule has 5 heteroatoms. The van der Waals surface area contributed by atoms with Crippen LogP contribution in [0, 0.1) is 0 Å². The Bertz CT molecular complexity index is 263. The highest BCUT2D eigenvalue weighted by atomic mass is 35.5. The van der Waals surface area contributed by atoms with Gasteiger partial charge in [-0.05, 0) is 34.1 Å². The van der Waals surface area contributed by atoms with Crippen molar-refractivity contribution >= 4 is 21.4 Å². The predicted molar refractivity (Wildman–Crippen MR) is 66.3 cm³/mol. The minimum Gasteiger partial charge on any atom is -0.313 e. The van der Waals surface area contributed by atoms with Gasteiger partial charge in [0.15, 0.2) is 9.84 Å². The molecule has 0 spiro atoms. The molecule has 0 saturated heterocycles. The number of hydrogen-bond donors (Lipinski definition) is 1. The molecule has 0 aromatic carbocycles. The van der Waals surface area contributed by atoms with E-state index < -0.39 is 9.84 Å². The molecule has 2 atom stereocenters. The van der Waals surface area contributed by atoms with Crippen LogP contribution in [-0.4, -0.2) is 37.4 Å². The molecule has 0 bridgehead atoms. The van der Waals surface area contributed by atoms with Crippen LogP contribution in [0.2, 0.25) is 0 Å². The van der Waals surface area contributed by atoms with Gasteiger partial charge in [-0.25, -0.2) is 8.42 Å². The molecule has 0 fully saturated rings. The Morgan fingerprint density at radius 1 is 1.20 bits per heavy atom. The van der Waals surface area contributed by atoms with Gasteiger partial charge in [0.25, 0.3) is 0 Å². The Morgan fingerprint density at radius 3 is 2.13 bits per heavy atom. The first-order valence-corrected chi connectivity index (χ1v) is 7.50. The second-order valence-electron chi connectivity index (χ2n) is 4.29. The van der Waals surface area contributed by atoms with E-state index in [4.69, 9.17) is 11.6 Å². The van der Waals surface area contributed by atoms with Gasteiger partial charge in [-0.2, -0.15) is 0 Å². The summed E-state index contributed by atoms with van der Waals surface area (Å²) in [7, 11) is -2.92. The summed E-state index contributed by atoms with van der Waals surface area (Å²) in [5.74, 6) is 0.200. The first-order chi connectivity index (χ1) is 6.75. The standard InChI is InChI=1S/C10H22ClNO2S/c1-8(2)15(13,14)6-5-12-10(4)7-9(3)11/h8-10,12H,5-7H2,1-4H3. The van der Waals surface area contributed by atoms with Crippen LogP contribution in [-0.2, 0) is 9.84 Å². The fourth-order valence-electron chi connectivity index (χ4n) is 1.25. The lowest BCUT2D eigenvalue weighted by atomic mass is 10.2. The number of nitrogens with one attached hydrogen (secondary N) is 1. The average molecular weight is 256 g/mol. The van der Waals surface area contributed by atoms with E-state index in [2.05, 4.69) is 5.32 Å². The maximum absolute atomic E-state index is 11.5. The van der Waals surface area contributed by atoms with Gasteiger partial charge in [0, 0.05) is 18.0 Å². The maximum Gasteiger partial charge on any atom is 0.153 e. The van der Waals surface area contributed by atoms with E-state index in [1.807, 2.05) is 13.8 Å². The summed E-state index contributed by atoms with van der Waals surface area (Å²) in [4.78, 5) is 0. The van der Waals surface area contributed by atoms with Crippen molar-refractivity contribution in [2.24, 2.45) is 0 Å². The lowest BCUT2D eigenvalue weighted by molar-refractivity contribution is 0.522. The molecule has 0 rings (SSSR count). The summed E-state index contributed by atoms with van der Waals surface area (Å²) < 4.78 is 22.9. The third-order valence-electron chi connectivity index (χ3n) is 2.28. The highest BCUT2D eigenvalue weighted by Crippen LogP contribution is 2.04. The van der Waals surface area contributed by atoms with Crippen molar-refractivity contribution in [3.63, 3.8) is 0 Å². The molecule has 1 N–H and O–H groups in total. The topological polar surface area (TPSA) is 46.2 Å². The Hall–Kier alpha value is 0.200. The summed E-state index contributed by atoms with van der Waals surface area (Å²) in [5.41, 5.74) is 0. The average Bonchev–Trinajstić information content (AvgIpc) is 2.01. The van der Waals surface area contributed by atoms with Gasteiger partial charge in [0.1, 0.15) is 0 Å². The summed E-state index contributed by atoms with van der Waals surface area (Å²) >= 11 is 5.83. The fourth-order valence-corrected chi connectivity index (χ4v) is 2.39. The fraction of sp³-hybridized carbons (Fsp3) is 1.00. The van der Waals surface area contributed by atoms with Crippen LogP contribution < -0.4 is 5.32 Å². The van der Waals surface area contributed by atoms with E-state index in [1.54, 1.807) is 13.8 Å². The molecule has 92 valence electrons. The molecule has 2 unspecified atom stereocenters. The zero-order valence-electron chi connectivity index (χ0n) is 9.96. The Labute approximate surface area is 98.5 Å². The molecule has 0 heterocycles. The van der Waals surface area contributed by atoms with E-state index in [9.17, 15) is 8.42 Å². The number of alkyl halides is 1. The normalized spacial score (nSPS) is 16.7. The molecule has 15 heavy (non-hydrogen) atoms. The minimum absolute atomic E-state index is 0.120. The second kappa shape index (κ2) is 6.71. The smallest absolute Gasteiger partial charge is 0.153 e. The molecule has 0 saturated carbocycles. The monoisotopic (exact) mass is 255 g/mol. The van der Waals surface area contributed by atoms with E-state index >= 15 is 0 Å². The zero-order chi connectivity index (χ0) is 12.1. The van der Waals surface area contributed by atoms with Gasteiger partial charge in [-0.1, -0.05) is 0 Å². The Kier molecular flexibility index (Phi) is 6.80. The summed E-state index contributed by atoms with van der Waals surface area (Å²) in [6.45, 7) is 7.87. The summed E-state index contributed by atoms with van der Waals surface area (Å²) in [6.07, 6.45) is 0.850. The molecule has 0 aromatic rings. The second-order valence-corrected chi connectivity index (χ2v) is 7.71. The van der Waals surface area contributed by atoms with E-state index in [0.29, 0.717) is 6.54 Å². The maximum atomic E-state index is 11.5. The highest BCUT2D eigenvalue weighted by Gasteiger charge is 2.15. The minimum atomic E-state index is -2.92. The van der Waals surface area contributed by atoms with Gasteiger partial charge >= 0.3 is 0 Å².